The van der Waals surface area contributed by atoms with Gasteiger partial charge in [0.05, 0.1) is 23.0 Å². The molecule has 30 heavy (non-hydrogen) atoms. The summed E-state index contributed by atoms with van der Waals surface area (Å²) in [5.74, 6) is 1.05. The van der Waals surface area contributed by atoms with Crippen molar-refractivity contribution < 1.29 is 4.79 Å². The summed E-state index contributed by atoms with van der Waals surface area (Å²) in [6.45, 7) is 1.72. The Hall–Kier alpha value is -4.06. The molecule has 2 amide bonds. The van der Waals surface area contributed by atoms with Crippen LogP contribution >= 0.6 is 0 Å². The summed E-state index contributed by atoms with van der Waals surface area (Å²) in [6.07, 6.45) is 8.08. The Morgan fingerprint density at radius 2 is 2.17 bits per heavy atom. The minimum Gasteiger partial charge on any atom is -0.366 e. The third-order valence-corrected chi connectivity index (χ3v) is 5.38. The van der Waals surface area contributed by atoms with Crippen molar-refractivity contribution in [1.29, 1.82) is 5.26 Å². The molecule has 1 atom stereocenters. The maximum atomic E-state index is 13.2. The van der Waals surface area contributed by atoms with E-state index in [-0.39, 0.29) is 12.1 Å². The molecule has 2 aliphatic heterocycles. The van der Waals surface area contributed by atoms with Gasteiger partial charge < -0.3 is 4.90 Å². The van der Waals surface area contributed by atoms with Crippen LogP contribution in [-0.4, -0.2) is 45.1 Å². The Balaban J connectivity index is 1.56. The van der Waals surface area contributed by atoms with Crippen molar-refractivity contribution in [1.82, 2.24) is 19.9 Å². The number of anilines is 3. The molecule has 5 rings (SSSR count). The lowest BCUT2D eigenvalue weighted by Crippen LogP contribution is -2.56. The quantitative estimate of drug-likeness (QED) is 0.706. The standard InChI is InChI=1S/C21H18N8O/c22-9-14-8-15(11-24-10-14)17-3-4-18-20(26-17)29(16-2-1-7-28(18)12-16)21(30)27-19-5-6-23-13-25-19/h3-6,8,10-11,13,16H,1-2,7,12H2,(H,23,25,27,30)/t16-/m0/s1. The van der Waals surface area contributed by atoms with E-state index in [4.69, 9.17) is 4.98 Å². The van der Waals surface area contributed by atoms with Crippen molar-refractivity contribution in [2.24, 2.45) is 0 Å². The second-order valence-electron chi connectivity index (χ2n) is 7.25. The van der Waals surface area contributed by atoms with E-state index in [2.05, 4.69) is 31.2 Å². The van der Waals surface area contributed by atoms with Crippen molar-refractivity contribution >= 4 is 23.4 Å². The summed E-state index contributed by atoms with van der Waals surface area (Å²) in [4.78, 5) is 34.2. The first kappa shape index (κ1) is 18.0. The molecular weight excluding hydrogens is 380 g/mol. The van der Waals surface area contributed by atoms with Crippen LogP contribution in [0.25, 0.3) is 11.3 Å². The molecule has 9 nitrogen and oxygen atoms in total. The summed E-state index contributed by atoms with van der Waals surface area (Å²) in [6, 6.07) is 9.16. The number of nitriles is 1. The van der Waals surface area contributed by atoms with Crippen molar-refractivity contribution in [3.63, 3.8) is 0 Å². The van der Waals surface area contributed by atoms with Gasteiger partial charge >= 0.3 is 6.03 Å². The first-order valence-electron chi connectivity index (χ1n) is 9.70. The zero-order chi connectivity index (χ0) is 20.5. The first-order chi connectivity index (χ1) is 14.7. The highest BCUT2D eigenvalue weighted by Crippen LogP contribution is 2.39. The van der Waals surface area contributed by atoms with Gasteiger partial charge in [0.2, 0.25) is 0 Å². The average molecular weight is 398 g/mol. The molecule has 5 heterocycles. The van der Waals surface area contributed by atoms with Crippen LogP contribution < -0.4 is 15.1 Å². The van der Waals surface area contributed by atoms with Gasteiger partial charge in [0.15, 0.2) is 5.82 Å². The Morgan fingerprint density at radius 3 is 3.00 bits per heavy atom. The lowest BCUT2D eigenvalue weighted by Gasteiger charge is -2.45. The lowest BCUT2D eigenvalue weighted by atomic mass is 9.99. The van der Waals surface area contributed by atoms with E-state index < -0.39 is 0 Å². The molecule has 0 radical (unpaired) electrons. The third kappa shape index (κ3) is 3.18. The first-order valence-corrected chi connectivity index (χ1v) is 9.70. The number of nitrogens with one attached hydrogen (secondary N) is 1. The molecule has 148 valence electrons. The minimum atomic E-state index is -0.268. The number of aromatic nitrogens is 4. The number of fused-ring (bicyclic) bond motifs is 4. The second-order valence-corrected chi connectivity index (χ2v) is 7.25. The summed E-state index contributed by atoms with van der Waals surface area (Å²) >= 11 is 0. The monoisotopic (exact) mass is 398 g/mol. The van der Waals surface area contributed by atoms with E-state index >= 15 is 0 Å². The lowest BCUT2D eigenvalue weighted by molar-refractivity contribution is 0.252. The van der Waals surface area contributed by atoms with Crippen LogP contribution in [0.15, 0.2) is 49.2 Å². The fourth-order valence-electron chi connectivity index (χ4n) is 4.02. The van der Waals surface area contributed by atoms with Crippen molar-refractivity contribution in [2.75, 3.05) is 28.2 Å². The van der Waals surface area contributed by atoms with E-state index in [1.165, 1.54) is 12.5 Å². The maximum Gasteiger partial charge on any atom is 0.329 e. The molecule has 3 aromatic heterocycles. The SMILES string of the molecule is N#Cc1cncc(-c2ccc3c(n2)N(C(=O)Nc2ccncn2)[C@H]2CCCN3C2)c1. The molecule has 0 aliphatic carbocycles. The van der Waals surface area contributed by atoms with Crippen LogP contribution in [0.4, 0.5) is 22.1 Å². The molecule has 2 aliphatic rings. The largest absolute Gasteiger partial charge is 0.366 e. The zero-order valence-electron chi connectivity index (χ0n) is 16.1. The van der Waals surface area contributed by atoms with Gasteiger partial charge in [-0.2, -0.15) is 5.26 Å². The Bertz CT molecular complexity index is 1140. The molecule has 1 N–H and O–H groups in total. The number of pyridine rings is 2. The number of carbonyl (C=O) groups excluding carboxylic acids is 1. The molecule has 0 spiro atoms. The summed E-state index contributed by atoms with van der Waals surface area (Å²) in [7, 11) is 0. The Kier molecular flexibility index (Phi) is 4.44. The summed E-state index contributed by atoms with van der Waals surface area (Å²) < 4.78 is 0. The number of hydrogen-bond donors (Lipinski definition) is 1. The number of nitrogens with zero attached hydrogens (tertiary/aromatic N) is 7. The van der Waals surface area contributed by atoms with Gasteiger partial charge in [-0.1, -0.05) is 0 Å². The van der Waals surface area contributed by atoms with E-state index in [1.807, 2.05) is 12.1 Å². The van der Waals surface area contributed by atoms with Gasteiger partial charge in [-0.15, -0.1) is 0 Å². The number of rotatable bonds is 2. The number of hydrogen-bond acceptors (Lipinski definition) is 7. The fourth-order valence-corrected chi connectivity index (χ4v) is 4.02. The van der Waals surface area contributed by atoms with Crippen molar-refractivity contribution in [3.8, 4) is 17.3 Å². The van der Waals surface area contributed by atoms with Crippen LogP contribution in [0.3, 0.4) is 0 Å². The van der Waals surface area contributed by atoms with Gasteiger partial charge in [-0.05, 0) is 37.1 Å². The van der Waals surface area contributed by atoms with Crippen LogP contribution in [0.1, 0.15) is 18.4 Å². The highest BCUT2D eigenvalue weighted by Gasteiger charge is 2.38. The predicted octanol–water partition coefficient (Wildman–Crippen LogP) is 2.83. The molecule has 0 aromatic carbocycles. The summed E-state index contributed by atoms with van der Waals surface area (Å²) in [5.41, 5.74) is 2.79. The number of carbonyl (C=O) groups is 1. The van der Waals surface area contributed by atoms with E-state index in [0.717, 1.165) is 37.2 Å². The van der Waals surface area contributed by atoms with Crippen LogP contribution in [0, 0.1) is 11.3 Å². The van der Waals surface area contributed by atoms with Crippen LogP contribution in [-0.2, 0) is 0 Å². The smallest absolute Gasteiger partial charge is 0.329 e. The highest BCUT2D eigenvalue weighted by molar-refractivity contribution is 6.04. The number of urea groups is 1. The predicted molar refractivity (Wildman–Crippen MR) is 111 cm³/mol. The van der Waals surface area contributed by atoms with Gasteiger partial charge in [0.1, 0.15) is 18.2 Å². The molecule has 2 bridgehead atoms. The van der Waals surface area contributed by atoms with Gasteiger partial charge in [-0.25, -0.2) is 19.7 Å². The van der Waals surface area contributed by atoms with E-state index in [1.54, 1.807) is 29.4 Å². The average Bonchev–Trinajstić information content (AvgIpc) is 2.80. The summed E-state index contributed by atoms with van der Waals surface area (Å²) in [5, 5.41) is 12.0. The van der Waals surface area contributed by atoms with Crippen LogP contribution in [0.5, 0.6) is 0 Å². The van der Waals surface area contributed by atoms with Crippen molar-refractivity contribution in [2.45, 2.75) is 18.9 Å². The van der Waals surface area contributed by atoms with Gasteiger partial charge in [-0.3, -0.25) is 15.2 Å². The Labute approximate surface area is 173 Å². The van der Waals surface area contributed by atoms with Crippen molar-refractivity contribution in [3.05, 3.63) is 54.7 Å². The topological polar surface area (TPSA) is 111 Å². The minimum absolute atomic E-state index is 0.0272. The second kappa shape index (κ2) is 7.40. The van der Waals surface area contributed by atoms with Crippen LogP contribution in [0.2, 0.25) is 0 Å². The molecule has 1 saturated heterocycles. The number of piperidine rings is 1. The number of amides is 2. The Morgan fingerprint density at radius 1 is 1.23 bits per heavy atom. The molecule has 0 unspecified atom stereocenters. The zero-order valence-corrected chi connectivity index (χ0v) is 16.1. The van der Waals surface area contributed by atoms with E-state index in [0.29, 0.717) is 22.9 Å². The normalized spacial score (nSPS) is 17.1. The molecular formula is C21H18N8O. The molecule has 9 heteroatoms. The van der Waals surface area contributed by atoms with E-state index in [9.17, 15) is 10.1 Å². The third-order valence-electron chi connectivity index (χ3n) is 5.38. The molecule has 1 fully saturated rings. The maximum absolute atomic E-state index is 13.2. The highest BCUT2D eigenvalue weighted by atomic mass is 16.2. The molecule has 0 saturated carbocycles. The van der Waals surface area contributed by atoms with Gasteiger partial charge in [0, 0.05) is 37.2 Å². The fraction of sp³-hybridized carbons (Fsp3) is 0.238. The van der Waals surface area contributed by atoms with Gasteiger partial charge in [0.25, 0.3) is 0 Å². The molecule has 3 aromatic rings.